The molecular weight excluding hydrogens is 182 g/mol. The van der Waals surface area contributed by atoms with Gasteiger partial charge in [-0.05, 0) is 31.2 Å². The molecule has 2 rings (SSSR count). The lowest BCUT2D eigenvalue weighted by atomic mass is 9.95. The van der Waals surface area contributed by atoms with Gasteiger partial charge < -0.3 is 15.5 Å². The number of aromatic carboxylic acids is 1. The summed E-state index contributed by atoms with van der Waals surface area (Å²) in [6.45, 7) is 0.918. The third-order valence-corrected chi connectivity index (χ3v) is 2.47. The quantitative estimate of drug-likeness (QED) is 0.658. The van der Waals surface area contributed by atoms with Crippen LogP contribution in [-0.2, 0) is 0 Å². The summed E-state index contributed by atoms with van der Waals surface area (Å²) in [6, 6.07) is 4.46. The van der Waals surface area contributed by atoms with Gasteiger partial charge in [0.05, 0.1) is 5.56 Å². The first-order valence-electron chi connectivity index (χ1n) is 4.48. The molecule has 1 aromatic carbocycles. The molecule has 1 aliphatic rings. The van der Waals surface area contributed by atoms with E-state index in [1.54, 1.807) is 0 Å². The Morgan fingerprint density at radius 1 is 1.50 bits per heavy atom. The monoisotopic (exact) mass is 193 g/mol. The second-order valence-electron chi connectivity index (χ2n) is 3.37. The Bertz CT molecular complexity index is 372. The van der Waals surface area contributed by atoms with Crippen LogP contribution >= 0.6 is 0 Å². The Balaban J connectivity index is 2.36. The van der Waals surface area contributed by atoms with Crippen LogP contribution < -0.4 is 5.32 Å². The molecule has 1 heterocycles. The minimum Gasteiger partial charge on any atom is -0.508 e. The van der Waals surface area contributed by atoms with Gasteiger partial charge in [-0.15, -0.1) is 0 Å². The van der Waals surface area contributed by atoms with Gasteiger partial charge in [-0.25, -0.2) is 4.79 Å². The molecular formula is C10H11NO3. The Morgan fingerprint density at radius 2 is 2.21 bits per heavy atom. The van der Waals surface area contributed by atoms with Crippen LogP contribution in [-0.4, -0.2) is 22.7 Å². The van der Waals surface area contributed by atoms with Gasteiger partial charge in [0.25, 0.3) is 0 Å². The zero-order valence-corrected chi connectivity index (χ0v) is 7.53. The van der Waals surface area contributed by atoms with Crippen LogP contribution in [0.2, 0.25) is 0 Å². The maximum absolute atomic E-state index is 10.7. The molecule has 0 bridgehead atoms. The first-order chi connectivity index (χ1) is 6.68. The lowest BCUT2D eigenvalue weighted by Crippen LogP contribution is -2.35. The number of nitrogens with one attached hydrogen (secondary N) is 1. The first kappa shape index (κ1) is 9.02. The minimum atomic E-state index is -0.967. The smallest absolute Gasteiger partial charge is 0.335 e. The first-order valence-corrected chi connectivity index (χ1v) is 4.48. The van der Waals surface area contributed by atoms with Gasteiger partial charge in [0.1, 0.15) is 5.75 Å². The van der Waals surface area contributed by atoms with Gasteiger partial charge in [-0.3, -0.25) is 0 Å². The van der Waals surface area contributed by atoms with E-state index >= 15 is 0 Å². The summed E-state index contributed by atoms with van der Waals surface area (Å²) in [4.78, 5) is 10.7. The molecule has 0 radical (unpaired) electrons. The molecule has 1 aromatic rings. The standard InChI is InChI=1S/C10H11NO3/c12-9-2-1-6(10(13)14)5-7(9)8-3-4-11-8/h1-2,5,8,11-12H,3-4H2,(H,13,14)/t8-/m1/s1. The highest BCUT2D eigenvalue weighted by molar-refractivity contribution is 5.88. The second-order valence-corrected chi connectivity index (χ2v) is 3.37. The van der Waals surface area contributed by atoms with Crippen molar-refractivity contribution < 1.29 is 15.0 Å². The van der Waals surface area contributed by atoms with Crippen molar-refractivity contribution in [1.82, 2.24) is 5.32 Å². The zero-order chi connectivity index (χ0) is 10.1. The number of hydrogen-bond donors (Lipinski definition) is 3. The number of aromatic hydroxyl groups is 1. The number of hydrogen-bond acceptors (Lipinski definition) is 3. The van der Waals surface area contributed by atoms with Crippen LogP contribution in [0.5, 0.6) is 5.75 Å². The van der Waals surface area contributed by atoms with Gasteiger partial charge in [0.2, 0.25) is 0 Å². The summed E-state index contributed by atoms with van der Waals surface area (Å²) in [6.07, 6.45) is 0.941. The number of benzene rings is 1. The molecule has 0 aromatic heterocycles. The van der Waals surface area contributed by atoms with E-state index < -0.39 is 5.97 Å². The maximum atomic E-state index is 10.7. The fraction of sp³-hybridized carbons (Fsp3) is 0.300. The van der Waals surface area contributed by atoms with Crippen LogP contribution in [0, 0.1) is 0 Å². The molecule has 0 unspecified atom stereocenters. The molecule has 74 valence electrons. The number of carbonyl (C=O) groups is 1. The van der Waals surface area contributed by atoms with Gasteiger partial charge in [0.15, 0.2) is 0 Å². The van der Waals surface area contributed by atoms with Gasteiger partial charge in [-0.1, -0.05) is 0 Å². The highest BCUT2D eigenvalue weighted by Gasteiger charge is 2.22. The molecule has 0 aliphatic carbocycles. The summed E-state index contributed by atoms with van der Waals surface area (Å²) < 4.78 is 0. The third-order valence-electron chi connectivity index (χ3n) is 2.47. The predicted octanol–water partition coefficient (Wildman–Crippen LogP) is 1.12. The highest BCUT2D eigenvalue weighted by atomic mass is 16.4. The molecule has 1 atom stereocenters. The van der Waals surface area contributed by atoms with E-state index in [1.807, 2.05) is 0 Å². The van der Waals surface area contributed by atoms with Crippen LogP contribution in [0.4, 0.5) is 0 Å². The zero-order valence-electron chi connectivity index (χ0n) is 7.53. The van der Waals surface area contributed by atoms with Crippen molar-refractivity contribution in [1.29, 1.82) is 0 Å². The predicted molar refractivity (Wildman–Crippen MR) is 50.4 cm³/mol. The molecule has 1 saturated heterocycles. The molecule has 4 heteroatoms. The van der Waals surface area contributed by atoms with Crippen molar-refractivity contribution in [3.63, 3.8) is 0 Å². The topological polar surface area (TPSA) is 69.6 Å². The summed E-state index contributed by atoms with van der Waals surface area (Å²) in [5.74, 6) is -0.808. The van der Waals surface area contributed by atoms with E-state index in [2.05, 4.69) is 5.32 Å². The van der Waals surface area contributed by atoms with E-state index in [0.29, 0.717) is 5.56 Å². The van der Waals surface area contributed by atoms with Crippen molar-refractivity contribution in [3.8, 4) is 5.75 Å². The SMILES string of the molecule is O=C(O)c1ccc(O)c([C@H]2CCN2)c1. The summed E-state index contributed by atoms with van der Waals surface area (Å²) >= 11 is 0. The average molecular weight is 193 g/mol. The molecule has 0 spiro atoms. The normalized spacial score (nSPS) is 20.1. The maximum Gasteiger partial charge on any atom is 0.335 e. The molecule has 1 fully saturated rings. The highest BCUT2D eigenvalue weighted by Crippen LogP contribution is 2.30. The van der Waals surface area contributed by atoms with Gasteiger partial charge in [0, 0.05) is 11.6 Å². The Labute approximate surface area is 81.2 Å². The Kier molecular flexibility index (Phi) is 2.13. The number of phenols is 1. The lowest BCUT2D eigenvalue weighted by Gasteiger charge is -2.28. The molecule has 0 amide bonds. The lowest BCUT2D eigenvalue weighted by molar-refractivity contribution is 0.0696. The Morgan fingerprint density at radius 3 is 2.71 bits per heavy atom. The van der Waals surface area contributed by atoms with Crippen molar-refractivity contribution in [3.05, 3.63) is 29.3 Å². The van der Waals surface area contributed by atoms with Crippen molar-refractivity contribution in [2.75, 3.05) is 6.54 Å². The largest absolute Gasteiger partial charge is 0.508 e. The van der Waals surface area contributed by atoms with Gasteiger partial charge in [-0.2, -0.15) is 0 Å². The van der Waals surface area contributed by atoms with E-state index in [4.69, 9.17) is 5.11 Å². The van der Waals surface area contributed by atoms with Crippen LogP contribution in [0.1, 0.15) is 28.4 Å². The number of carboxylic acids is 1. The average Bonchev–Trinajstić information content (AvgIpc) is 2.05. The number of carboxylic acid groups (broad SMARTS) is 1. The summed E-state index contributed by atoms with van der Waals surface area (Å²) in [5.41, 5.74) is 0.891. The molecule has 14 heavy (non-hydrogen) atoms. The van der Waals surface area contributed by atoms with E-state index in [1.165, 1.54) is 18.2 Å². The molecule has 3 N–H and O–H groups in total. The Hall–Kier alpha value is -1.55. The van der Waals surface area contributed by atoms with Crippen molar-refractivity contribution >= 4 is 5.97 Å². The van der Waals surface area contributed by atoms with Crippen LogP contribution in [0.25, 0.3) is 0 Å². The fourth-order valence-electron chi connectivity index (χ4n) is 1.52. The summed E-state index contributed by atoms with van der Waals surface area (Å²) in [7, 11) is 0. The van der Waals surface area contributed by atoms with Crippen molar-refractivity contribution in [2.24, 2.45) is 0 Å². The fourth-order valence-corrected chi connectivity index (χ4v) is 1.52. The van der Waals surface area contributed by atoms with E-state index in [0.717, 1.165) is 13.0 Å². The molecule has 1 aliphatic heterocycles. The third kappa shape index (κ3) is 1.44. The van der Waals surface area contributed by atoms with Crippen molar-refractivity contribution in [2.45, 2.75) is 12.5 Å². The van der Waals surface area contributed by atoms with E-state index in [9.17, 15) is 9.90 Å². The van der Waals surface area contributed by atoms with Crippen LogP contribution in [0.3, 0.4) is 0 Å². The number of phenolic OH excluding ortho intramolecular Hbond substituents is 1. The number of rotatable bonds is 2. The molecule has 4 nitrogen and oxygen atoms in total. The second kappa shape index (κ2) is 3.31. The van der Waals surface area contributed by atoms with Gasteiger partial charge >= 0.3 is 5.97 Å². The summed E-state index contributed by atoms with van der Waals surface area (Å²) in [5, 5.41) is 21.4. The molecule has 0 saturated carbocycles. The van der Waals surface area contributed by atoms with E-state index in [-0.39, 0.29) is 17.4 Å². The van der Waals surface area contributed by atoms with Crippen LogP contribution in [0.15, 0.2) is 18.2 Å². The minimum absolute atomic E-state index is 0.106.